The zero-order chi connectivity index (χ0) is 65.9. The highest BCUT2D eigenvalue weighted by molar-refractivity contribution is 7.26. The van der Waals surface area contributed by atoms with Crippen molar-refractivity contribution in [2.24, 2.45) is 0 Å². The second-order valence-electron chi connectivity index (χ2n) is 27.5. The molecule has 0 atom stereocenters. The lowest BCUT2D eigenvalue weighted by Gasteiger charge is -2.11. The molecule has 0 fully saturated rings. The van der Waals surface area contributed by atoms with E-state index in [4.69, 9.17) is 19.9 Å². The molecule has 102 heavy (non-hydrogen) atoms. The van der Waals surface area contributed by atoms with E-state index in [-0.39, 0.29) is 0 Å². The van der Waals surface area contributed by atoms with Crippen LogP contribution >= 0.6 is 22.7 Å². The number of rotatable bonds is 5. The summed E-state index contributed by atoms with van der Waals surface area (Å²) in [7, 11) is 0. The van der Waals surface area contributed by atoms with Crippen molar-refractivity contribution in [3.8, 4) is 45.5 Å². The van der Waals surface area contributed by atoms with Crippen LogP contribution < -0.4 is 0 Å². The summed E-state index contributed by atoms with van der Waals surface area (Å²) in [5.74, 6) is 1.29. The molecular formula is C92H48N8S2. The standard InChI is InChI=1S/C92H48N8S2/c1-2-20-54-45-56(38-35-49(54)17-1)82-90-84(65-27-11-16-32-76(65)102-90)96-92(94-82)98-70-29-13-8-24-62(70)78-74(98)48-67-60-43-40-52-19-4-6-22-58(52)86(60)100-72-44-41-55(46-68(72)80(78)88(67)100)50-33-36-53(37-34-50)81-89-83(64-26-10-15-31-75(64)101-89)95-91(93-81)97-69-28-12-7-23-61(69)77-73(97)47-66-59-42-39-51-18-3-5-21-57(51)85(59)99-71-30-14-9-25-63(71)79(77)87(66)99/h1-48H. The predicted molar refractivity (Wildman–Crippen MR) is 430 cm³/mol. The van der Waals surface area contributed by atoms with Gasteiger partial charge in [-0.15, -0.1) is 22.7 Å². The van der Waals surface area contributed by atoms with Crippen LogP contribution in [0.4, 0.5) is 0 Å². The van der Waals surface area contributed by atoms with Gasteiger partial charge in [-0.1, -0.05) is 231 Å². The Hall–Kier alpha value is -13.1. The van der Waals surface area contributed by atoms with E-state index >= 15 is 0 Å². The summed E-state index contributed by atoms with van der Waals surface area (Å²) in [4.78, 5) is 22.9. The van der Waals surface area contributed by atoms with Crippen molar-refractivity contribution < 1.29 is 0 Å². The number of fused-ring (bicyclic) bond motifs is 31. The van der Waals surface area contributed by atoms with Crippen LogP contribution in [0, 0.1) is 0 Å². The molecule has 0 aliphatic rings. The molecule has 0 aliphatic heterocycles. The van der Waals surface area contributed by atoms with Crippen LogP contribution in [0.25, 0.3) is 238 Å². The van der Waals surface area contributed by atoms with Gasteiger partial charge in [0.2, 0.25) is 11.9 Å². The van der Waals surface area contributed by atoms with Crippen molar-refractivity contribution in [2.75, 3.05) is 0 Å². The molecule has 0 saturated carbocycles. The summed E-state index contributed by atoms with van der Waals surface area (Å²) in [6, 6.07) is 107. The van der Waals surface area contributed by atoms with Crippen LogP contribution in [0.15, 0.2) is 291 Å². The maximum absolute atomic E-state index is 5.81. The van der Waals surface area contributed by atoms with Crippen LogP contribution in [0.3, 0.4) is 0 Å². The number of hydrogen-bond donors (Lipinski definition) is 0. The van der Waals surface area contributed by atoms with E-state index in [2.05, 4.69) is 309 Å². The Bertz CT molecular complexity index is 8080. The lowest BCUT2D eigenvalue weighted by atomic mass is 9.97. The van der Waals surface area contributed by atoms with E-state index in [0.717, 1.165) is 97.8 Å². The Labute approximate surface area is 585 Å². The maximum atomic E-state index is 5.81. The summed E-state index contributed by atoms with van der Waals surface area (Å²) in [6.45, 7) is 0. The van der Waals surface area contributed by atoms with Crippen LogP contribution in [-0.2, 0) is 0 Å². The predicted octanol–water partition coefficient (Wildman–Crippen LogP) is 25.0. The molecule has 468 valence electrons. The first-order chi connectivity index (χ1) is 50.6. The number of benzene rings is 15. The van der Waals surface area contributed by atoms with E-state index in [1.165, 1.54) is 129 Å². The highest BCUT2D eigenvalue weighted by atomic mass is 32.1. The number of nitrogens with zero attached hydrogens (tertiary/aromatic N) is 8. The third-order valence-electron chi connectivity index (χ3n) is 22.4. The zero-order valence-corrected chi connectivity index (χ0v) is 55.7. The number of aromatic nitrogens is 8. The Morgan fingerprint density at radius 3 is 1.21 bits per heavy atom. The minimum Gasteiger partial charge on any atom is -0.307 e. The van der Waals surface area contributed by atoms with Crippen molar-refractivity contribution >= 4 is 215 Å². The van der Waals surface area contributed by atoms with Crippen molar-refractivity contribution in [1.29, 1.82) is 0 Å². The van der Waals surface area contributed by atoms with E-state index in [9.17, 15) is 0 Å². The molecule has 0 bridgehead atoms. The Kier molecular flexibility index (Phi) is 10.2. The molecule has 25 aromatic rings. The summed E-state index contributed by atoms with van der Waals surface area (Å²) in [6.07, 6.45) is 0. The van der Waals surface area contributed by atoms with Crippen LogP contribution in [0.5, 0.6) is 0 Å². The molecule has 0 radical (unpaired) electrons. The van der Waals surface area contributed by atoms with Gasteiger partial charge in [0, 0.05) is 107 Å². The van der Waals surface area contributed by atoms with Gasteiger partial charge in [-0.25, -0.2) is 19.9 Å². The molecule has 0 unspecified atom stereocenters. The summed E-state index contributed by atoms with van der Waals surface area (Å²) >= 11 is 3.54. The highest BCUT2D eigenvalue weighted by Crippen LogP contribution is 2.52. The second-order valence-corrected chi connectivity index (χ2v) is 29.6. The van der Waals surface area contributed by atoms with Gasteiger partial charge >= 0.3 is 0 Å². The summed E-state index contributed by atoms with van der Waals surface area (Å²) < 4.78 is 14.3. The zero-order valence-electron chi connectivity index (χ0n) is 54.1. The van der Waals surface area contributed by atoms with E-state index in [0.29, 0.717) is 11.9 Å². The molecule has 0 N–H and O–H groups in total. The fourth-order valence-corrected chi connectivity index (χ4v) is 20.4. The number of para-hydroxylation sites is 3. The summed E-state index contributed by atoms with van der Waals surface area (Å²) in [5, 5.41) is 24.0. The van der Waals surface area contributed by atoms with Crippen molar-refractivity contribution in [1.82, 2.24) is 37.9 Å². The van der Waals surface area contributed by atoms with Gasteiger partial charge in [-0.2, -0.15) is 0 Å². The van der Waals surface area contributed by atoms with Gasteiger partial charge in [0.25, 0.3) is 0 Å². The van der Waals surface area contributed by atoms with E-state index in [1.54, 1.807) is 22.7 Å². The van der Waals surface area contributed by atoms with E-state index in [1.807, 2.05) is 0 Å². The largest absolute Gasteiger partial charge is 0.307 e. The van der Waals surface area contributed by atoms with Gasteiger partial charge in [0.1, 0.15) is 0 Å². The molecular weight excluding hydrogens is 1280 g/mol. The Balaban J connectivity index is 0.711. The average Bonchev–Trinajstić information content (AvgIpc) is 1.52. The maximum Gasteiger partial charge on any atom is 0.235 e. The molecule has 0 aliphatic carbocycles. The highest BCUT2D eigenvalue weighted by Gasteiger charge is 2.30. The summed E-state index contributed by atoms with van der Waals surface area (Å²) in [5.41, 5.74) is 19.6. The lowest BCUT2D eigenvalue weighted by molar-refractivity contribution is 1.02. The van der Waals surface area contributed by atoms with Gasteiger partial charge in [-0.3, -0.25) is 9.13 Å². The third-order valence-corrected chi connectivity index (χ3v) is 24.7. The van der Waals surface area contributed by atoms with Crippen LogP contribution in [0.1, 0.15) is 0 Å². The average molecular weight is 1330 g/mol. The number of hydrogen-bond acceptors (Lipinski definition) is 6. The molecule has 10 aromatic heterocycles. The van der Waals surface area contributed by atoms with Gasteiger partial charge < -0.3 is 8.80 Å². The quantitative estimate of drug-likeness (QED) is 0.172. The monoisotopic (exact) mass is 1330 g/mol. The Morgan fingerprint density at radius 2 is 0.637 bits per heavy atom. The van der Waals surface area contributed by atoms with Gasteiger partial charge in [0.15, 0.2) is 0 Å². The minimum atomic E-state index is 0.644. The van der Waals surface area contributed by atoms with Crippen molar-refractivity contribution in [3.63, 3.8) is 0 Å². The molecule has 8 nitrogen and oxygen atoms in total. The third kappa shape index (κ3) is 6.89. The van der Waals surface area contributed by atoms with Gasteiger partial charge in [-0.05, 0) is 93.3 Å². The molecule has 15 aromatic carbocycles. The Morgan fingerprint density at radius 1 is 0.225 bits per heavy atom. The first kappa shape index (κ1) is 53.9. The molecule has 10 heteroatoms. The smallest absolute Gasteiger partial charge is 0.235 e. The first-order valence-electron chi connectivity index (χ1n) is 34.7. The van der Waals surface area contributed by atoms with Crippen LogP contribution in [0.2, 0.25) is 0 Å². The lowest BCUT2D eigenvalue weighted by Crippen LogP contribution is -2.02. The van der Waals surface area contributed by atoms with Crippen molar-refractivity contribution in [3.05, 3.63) is 291 Å². The molecule has 25 rings (SSSR count). The minimum absolute atomic E-state index is 0.644. The first-order valence-corrected chi connectivity index (χ1v) is 36.3. The normalized spacial score (nSPS) is 12.7. The fourth-order valence-electron chi connectivity index (χ4n) is 18.1. The number of thiophene rings is 2. The molecule has 0 spiro atoms. The molecule has 0 saturated heterocycles. The topological polar surface area (TPSA) is 70.2 Å². The van der Waals surface area contributed by atoms with Crippen molar-refractivity contribution in [2.45, 2.75) is 0 Å². The van der Waals surface area contributed by atoms with Crippen LogP contribution in [-0.4, -0.2) is 37.9 Å². The van der Waals surface area contributed by atoms with Gasteiger partial charge in [0.05, 0.1) is 87.0 Å². The second kappa shape index (κ2) is 19.4. The molecule has 0 amide bonds. The van der Waals surface area contributed by atoms with E-state index < -0.39 is 0 Å². The molecule has 10 heterocycles. The SMILES string of the molecule is c1ccc2cc(-c3nc(-n4c5ccccc5c5c6c7cc(-c8ccc(-c9nc(-n%10c%11ccccc%11c%11c%12c%13ccccc%13n%13c%14c%15ccccc%15ccc%14c(cc%11%10)c%12%13)nc%10c9sc9ccccc9%10)cc8)ccc7n7c8c9ccccc9ccc8c(cc54)c67)nc4c3sc3ccccc34)ccc2c1. The fraction of sp³-hybridized carbons (Fsp3) is 0.